The van der Waals surface area contributed by atoms with Gasteiger partial charge in [0.1, 0.15) is 6.26 Å². The smallest absolute Gasteiger partial charge is 0.307 e. The van der Waals surface area contributed by atoms with E-state index in [1.54, 1.807) is 13.8 Å². The zero-order valence-corrected chi connectivity index (χ0v) is 11.1. The fourth-order valence-corrected chi connectivity index (χ4v) is 1.47. The summed E-state index contributed by atoms with van der Waals surface area (Å²) in [6, 6.07) is -0.332. The number of ether oxygens (including phenoxy) is 1. The third-order valence-electron chi connectivity index (χ3n) is 2.30. The molecule has 0 fully saturated rings. The lowest BCUT2D eigenvalue weighted by molar-refractivity contribution is -0.143. The Kier molecular flexibility index (Phi) is 6.01. The van der Waals surface area contributed by atoms with E-state index in [9.17, 15) is 9.59 Å². The standard InChI is InChI=1S/C12H19N3O4/c1-3-18-11(16)6-8(2)14-12(17)9-7-19-10(15-9)4-5-13/h7-8H,3-6,13H2,1-2H3,(H,14,17). The molecular formula is C12H19N3O4. The van der Waals surface area contributed by atoms with E-state index in [0.717, 1.165) is 0 Å². The second-order valence-electron chi connectivity index (χ2n) is 4.05. The van der Waals surface area contributed by atoms with Crippen molar-refractivity contribution in [3.05, 3.63) is 17.8 Å². The van der Waals surface area contributed by atoms with Gasteiger partial charge in [0.05, 0.1) is 13.0 Å². The molecule has 1 rings (SSSR count). The van der Waals surface area contributed by atoms with E-state index < -0.39 is 0 Å². The molecule has 19 heavy (non-hydrogen) atoms. The maximum atomic E-state index is 11.8. The van der Waals surface area contributed by atoms with Crippen LogP contribution in [0.25, 0.3) is 0 Å². The van der Waals surface area contributed by atoms with E-state index in [1.165, 1.54) is 6.26 Å². The Morgan fingerprint density at radius 3 is 2.95 bits per heavy atom. The topological polar surface area (TPSA) is 107 Å². The fraction of sp³-hybridized carbons (Fsp3) is 0.583. The van der Waals surface area contributed by atoms with Crippen LogP contribution >= 0.6 is 0 Å². The van der Waals surface area contributed by atoms with Crippen molar-refractivity contribution < 1.29 is 18.7 Å². The summed E-state index contributed by atoms with van der Waals surface area (Å²) in [5.41, 5.74) is 5.54. The first-order valence-corrected chi connectivity index (χ1v) is 6.17. The Morgan fingerprint density at radius 2 is 2.32 bits per heavy atom. The van der Waals surface area contributed by atoms with E-state index in [1.807, 2.05) is 0 Å². The minimum Gasteiger partial charge on any atom is -0.466 e. The van der Waals surface area contributed by atoms with Gasteiger partial charge in [0.25, 0.3) is 5.91 Å². The molecule has 0 bridgehead atoms. The second kappa shape index (κ2) is 7.52. The molecule has 0 saturated heterocycles. The van der Waals surface area contributed by atoms with Gasteiger partial charge >= 0.3 is 5.97 Å². The predicted octanol–water partition coefficient (Wildman–Crippen LogP) is 0.247. The first-order chi connectivity index (χ1) is 9.06. The second-order valence-corrected chi connectivity index (χ2v) is 4.05. The van der Waals surface area contributed by atoms with E-state index in [4.69, 9.17) is 14.9 Å². The van der Waals surface area contributed by atoms with Crippen LogP contribution in [0.15, 0.2) is 10.7 Å². The van der Waals surface area contributed by atoms with Gasteiger partial charge in [-0.1, -0.05) is 0 Å². The summed E-state index contributed by atoms with van der Waals surface area (Å²) in [5, 5.41) is 2.65. The third-order valence-corrected chi connectivity index (χ3v) is 2.30. The lowest BCUT2D eigenvalue weighted by Gasteiger charge is -2.11. The summed E-state index contributed by atoms with van der Waals surface area (Å²) in [6.07, 6.45) is 1.87. The van der Waals surface area contributed by atoms with E-state index in [0.29, 0.717) is 25.5 Å². The van der Waals surface area contributed by atoms with Gasteiger partial charge in [-0.05, 0) is 13.8 Å². The van der Waals surface area contributed by atoms with Gasteiger partial charge in [-0.2, -0.15) is 0 Å². The van der Waals surface area contributed by atoms with Gasteiger partial charge in [0, 0.05) is 19.0 Å². The molecule has 1 amide bonds. The van der Waals surface area contributed by atoms with Gasteiger partial charge in [0.15, 0.2) is 11.6 Å². The highest BCUT2D eigenvalue weighted by molar-refractivity contribution is 5.92. The number of nitrogens with one attached hydrogen (secondary N) is 1. The van der Waals surface area contributed by atoms with Crippen LogP contribution in [0.5, 0.6) is 0 Å². The van der Waals surface area contributed by atoms with E-state index in [-0.39, 0.29) is 30.0 Å². The number of hydrogen-bond acceptors (Lipinski definition) is 6. The molecule has 0 aliphatic rings. The third kappa shape index (κ3) is 5.09. The number of aromatic nitrogens is 1. The van der Waals surface area contributed by atoms with Crippen molar-refractivity contribution in [2.45, 2.75) is 32.7 Å². The van der Waals surface area contributed by atoms with Crippen LogP contribution in [0.3, 0.4) is 0 Å². The molecule has 1 heterocycles. The molecule has 0 aromatic carbocycles. The van der Waals surface area contributed by atoms with Crippen LogP contribution in [-0.2, 0) is 16.0 Å². The number of amides is 1. The Labute approximate surface area is 111 Å². The van der Waals surface area contributed by atoms with Crippen LogP contribution in [0.1, 0.15) is 36.6 Å². The zero-order chi connectivity index (χ0) is 14.3. The van der Waals surface area contributed by atoms with Crippen molar-refractivity contribution in [1.29, 1.82) is 0 Å². The average molecular weight is 269 g/mol. The molecule has 0 saturated carbocycles. The molecule has 1 aromatic rings. The number of nitrogens with two attached hydrogens (primary N) is 1. The normalized spacial score (nSPS) is 11.9. The minimum absolute atomic E-state index is 0.118. The molecule has 7 nitrogen and oxygen atoms in total. The van der Waals surface area contributed by atoms with Gasteiger partial charge in [-0.25, -0.2) is 4.98 Å². The first kappa shape index (κ1) is 15.2. The van der Waals surface area contributed by atoms with Crippen LogP contribution in [0.4, 0.5) is 0 Å². The van der Waals surface area contributed by atoms with Crippen molar-refractivity contribution in [3.8, 4) is 0 Å². The van der Waals surface area contributed by atoms with Crippen molar-refractivity contribution in [3.63, 3.8) is 0 Å². The minimum atomic E-state index is -0.385. The number of carbonyl (C=O) groups excluding carboxylic acids is 2. The molecular weight excluding hydrogens is 250 g/mol. The Hall–Kier alpha value is -1.89. The molecule has 0 aliphatic carbocycles. The first-order valence-electron chi connectivity index (χ1n) is 6.17. The van der Waals surface area contributed by atoms with Crippen LogP contribution in [0, 0.1) is 0 Å². The lowest BCUT2D eigenvalue weighted by Crippen LogP contribution is -2.34. The number of esters is 1. The molecule has 0 spiro atoms. The van der Waals surface area contributed by atoms with Gasteiger partial charge in [-0.15, -0.1) is 0 Å². The molecule has 1 aromatic heterocycles. The molecule has 0 radical (unpaired) electrons. The quantitative estimate of drug-likeness (QED) is 0.687. The molecule has 7 heteroatoms. The largest absolute Gasteiger partial charge is 0.466 e. The summed E-state index contributed by atoms with van der Waals surface area (Å²) in [7, 11) is 0. The SMILES string of the molecule is CCOC(=O)CC(C)NC(=O)c1coc(CCN)n1. The van der Waals surface area contributed by atoms with Gasteiger partial charge in [-0.3, -0.25) is 9.59 Å². The monoisotopic (exact) mass is 269 g/mol. The van der Waals surface area contributed by atoms with Crippen LogP contribution in [0.2, 0.25) is 0 Å². The summed E-state index contributed by atoms with van der Waals surface area (Å²) >= 11 is 0. The summed E-state index contributed by atoms with van der Waals surface area (Å²) < 4.78 is 9.88. The molecule has 1 unspecified atom stereocenters. The fourth-order valence-electron chi connectivity index (χ4n) is 1.47. The van der Waals surface area contributed by atoms with Crippen molar-refractivity contribution >= 4 is 11.9 Å². The Morgan fingerprint density at radius 1 is 1.58 bits per heavy atom. The van der Waals surface area contributed by atoms with Crippen molar-refractivity contribution in [2.75, 3.05) is 13.2 Å². The van der Waals surface area contributed by atoms with Crippen LogP contribution in [-0.4, -0.2) is 36.1 Å². The predicted molar refractivity (Wildman–Crippen MR) is 67.4 cm³/mol. The van der Waals surface area contributed by atoms with Gasteiger partial charge < -0.3 is 20.2 Å². The summed E-state index contributed by atoms with van der Waals surface area (Å²) in [4.78, 5) is 27.0. The highest BCUT2D eigenvalue weighted by Crippen LogP contribution is 2.03. The molecule has 0 aliphatic heterocycles. The van der Waals surface area contributed by atoms with Crippen LogP contribution < -0.4 is 11.1 Å². The number of rotatable bonds is 7. The molecule has 3 N–H and O–H groups in total. The highest BCUT2D eigenvalue weighted by atomic mass is 16.5. The number of hydrogen-bond donors (Lipinski definition) is 2. The van der Waals surface area contributed by atoms with Gasteiger partial charge in [0.2, 0.25) is 0 Å². The number of nitrogens with zero attached hydrogens (tertiary/aromatic N) is 1. The Balaban J connectivity index is 2.46. The zero-order valence-electron chi connectivity index (χ0n) is 11.1. The molecule has 1 atom stereocenters. The van der Waals surface area contributed by atoms with Crippen molar-refractivity contribution in [2.24, 2.45) is 5.73 Å². The number of oxazole rings is 1. The van der Waals surface area contributed by atoms with Crippen molar-refractivity contribution in [1.82, 2.24) is 10.3 Å². The van der Waals surface area contributed by atoms with E-state index in [2.05, 4.69) is 10.3 Å². The van der Waals surface area contributed by atoms with E-state index >= 15 is 0 Å². The average Bonchev–Trinajstić information content (AvgIpc) is 2.78. The summed E-state index contributed by atoms with van der Waals surface area (Å²) in [6.45, 7) is 4.18. The maximum absolute atomic E-state index is 11.8. The summed E-state index contributed by atoms with van der Waals surface area (Å²) in [5.74, 6) is -0.311. The highest BCUT2D eigenvalue weighted by Gasteiger charge is 2.16. The number of carbonyl (C=O) groups is 2. The Bertz CT molecular complexity index is 430. The molecule has 106 valence electrons. The maximum Gasteiger partial charge on any atom is 0.307 e. The lowest BCUT2D eigenvalue weighted by atomic mass is 10.2.